The summed E-state index contributed by atoms with van der Waals surface area (Å²) in [7, 11) is 1.70. The second-order valence-electron chi connectivity index (χ2n) is 7.69. The van der Waals surface area contributed by atoms with Crippen LogP contribution in [0.25, 0.3) is 0 Å². The van der Waals surface area contributed by atoms with Gasteiger partial charge in [-0.15, -0.1) is 13.2 Å². The van der Waals surface area contributed by atoms with Crippen molar-refractivity contribution in [2.24, 2.45) is 17.8 Å². The quantitative estimate of drug-likeness (QED) is 0.393. The first-order valence-corrected chi connectivity index (χ1v) is 9.48. The van der Waals surface area contributed by atoms with E-state index in [2.05, 4.69) is 18.5 Å². The molecule has 0 saturated heterocycles. The minimum absolute atomic E-state index is 0.168. The van der Waals surface area contributed by atoms with Gasteiger partial charge in [-0.2, -0.15) is 0 Å². The highest BCUT2D eigenvalue weighted by molar-refractivity contribution is 5.94. The first-order valence-electron chi connectivity index (χ1n) is 9.48. The molecule has 150 valence electrons. The van der Waals surface area contributed by atoms with Gasteiger partial charge in [0.2, 0.25) is 11.8 Å². The van der Waals surface area contributed by atoms with Crippen LogP contribution in [0, 0.1) is 17.8 Å². The molecule has 0 aliphatic heterocycles. The van der Waals surface area contributed by atoms with Crippen molar-refractivity contribution in [2.75, 3.05) is 13.6 Å². The molecule has 2 aliphatic carbocycles. The minimum atomic E-state index is -1.32. The average molecular weight is 378 g/mol. The van der Waals surface area contributed by atoms with Crippen LogP contribution in [0.3, 0.4) is 0 Å². The van der Waals surface area contributed by atoms with Crippen LogP contribution in [0.1, 0.15) is 38.5 Å². The van der Waals surface area contributed by atoms with Crippen molar-refractivity contribution in [2.45, 2.75) is 50.2 Å². The Morgan fingerprint density at radius 3 is 2.44 bits per heavy atom. The van der Waals surface area contributed by atoms with E-state index in [1.54, 1.807) is 11.9 Å². The number of carbonyl (C=O) groups excluding carboxylic acids is 2. The summed E-state index contributed by atoms with van der Waals surface area (Å²) in [5.41, 5.74) is -1.32. The Kier molecular flexibility index (Phi) is 6.81. The summed E-state index contributed by atoms with van der Waals surface area (Å²) >= 11 is 0. The lowest BCUT2D eigenvalue weighted by Gasteiger charge is -2.25. The number of carboxylic acids is 1. The van der Waals surface area contributed by atoms with E-state index >= 15 is 0 Å². The molecule has 27 heavy (non-hydrogen) atoms. The van der Waals surface area contributed by atoms with Crippen LogP contribution in [0.2, 0.25) is 0 Å². The molecule has 7 heteroatoms. The van der Waals surface area contributed by atoms with Crippen LogP contribution >= 0.6 is 0 Å². The van der Waals surface area contributed by atoms with Crippen LogP contribution < -0.4 is 5.32 Å². The van der Waals surface area contributed by atoms with Crippen molar-refractivity contribution in [1.82, 2.24) is 10.2 Å². The van der Waals surface area contributed by atoms with Gasteiger partial charge >= 0.3 is 5.97 Å². The predicted octanol–water partition coefficient (Wildman–Crippen LogP) is 1.33. The molecule has 2 fully saturated rings. The minimum Gasteiger partial charge on any atom is -0.479 e. The number of amides is 2. The third-order valence-corrected chi connectivity index (χ3v) is 5.75. The van der Waals surface area contributed by atoms with E-state index in [-0.39, 0.29) is 24.7 Å². The van der Waals surface area contributed by atoms with Gasteiger partial charge in [-0.05, 0) is 38.5 Å². The molecule has 0 aromatic carbocycles. The van der Waals surface area contributed by atoms with Crippen molar-refractivity contribution in [1.29, 1.82) is 0 Å². The first-order chi connectivity index (χ1) is 12.8. The van der Waals surface area contributed by atoms with E-state index in [1.807, 2.05) is 6.08 Å². The summed E-state index contributed by atoms with van der Waals surface area (Å²) in [6, 6.07) is 0. The number of rotatable bonds is 10. The molecule has 2 amide bonds. The summed E-state index contributed by atoms with van der Waals surface area (Å²) in [6.45, 7) is 7.85. The normalized spacial score (nSPS) is 31.8. The van der Waals surface area contributed by atoms with Gasteiger partial charge in [0.05, 0.1) is 17.9 Å². The predicted molar refractivity (Wildman–Crippen MR) is 101 cm³/mol. The summed E-state index contributed by atoms with van der Waals surface area (Å²) in [6.07, 6.45) is 5.97. The molecule has 0 heterocycles. The van der Waals surface area contributed by atoms with Crippen molar-refractivity contribution < 1.29 is 24.6 Å². The fourth-order valence-electron chi connectivity index (χ4n) is 3.93. The van der Waals surface area contributed by atoms with E-state index in [4.69, 9.17) is 0 Å². The Hall–Kier alpha value is -2.15. The molecule has 0 unspecified atom stereocenters. The highest BCUT2D eigenvalue weighted by Crippen LogP contribution is 2.45. The zero-order valence-electron chi connectivity index (χ0n) is 15.9. The summed E-state index contributed by atoms with van der Waals surface area (Å²) in [5, 5.41) is 22.1. The van der Waals surface area contributed by atoms with E-state index < -0.39 is 35.4 Å². The summed E-state index contributed by atoms with van der Waals surface area (Å²) < 4.78 is 0. The third kappa shape index (κ3) is 4.58. The number of nitrogens with zero attached hydrogens (tertiary/aromatic N) is 1. The first kappa shape index (κ1) is 21.2. The molecule has 3 N–H and O–H groups in total. The van der Waals surface area contributed by atoms with Crippen molar-refractivity contribution in [3.8, 4) is 0 Å². The fourth-order valence-corrected chi connectivity index (χ4v) is 3.93. The highest BCUT2D eigenvalue weighted by Gasteiger charge is 2.61. The Morgan fingerprint density at radius 1 is 1.22 bits per heavy atom. The van der Waals surface area contributed by atoms with Crippen LogP contribution in [-0.2, 0) is 14.4 Å². The van der Waals surface area contributed by atoms with Crippen molar-refractivity contribution >= 4 is 17.8 Å². The van der Waals surface area contributed by atoms with Crippen LogP contribution in [-0.4, -0.2) is 58.1 Å². The van der Waals surface area contributed by atoms with E-state index in [0.29, 0.717) is 13.0 Å². The number of unbranched alkanes of at least 4 members (excludes halogenated alkanes) is 2. The van der Waals surface area contributed by atoms with Gasteiger partial charge in [-0.25, -0.2) is 4.79 Å². The molecule has 0 radical (unpaired) electrons. The Balaban J connectivity index is 2.01. The van der Waals surface area contributed by atoms with Gasteiger partial charge in [0.1, 0.15) is 5.54 Å². The Bertz CT molecular complexity index is 619. The molecule has 7 nitrogen and oxygen atoms in total. The lowest BCUT2D eigenvalue weighted by atomic mass is 9.93. The maximum atomic E-state index is 12.8. The molecule has 0 bridgehead atoms. The zero-order valence-corrected chi connectivity index (χ0v) is 15.9. The maximum Gasteiger partial charge on any atom is 0.330 e. The maximum absolute atomic E-state index is 12.8. The number of aliphatic hydroxyl groups is 1. The largest absolute Gasteiger partial charge is 0.479 e. The molecule has 2 saturated carbocycles. The second kappa shape index (κ2) is 8.69. The number of hydrogen-bond acceptors (Lipinski definition) is 4. The lowest BCUT2D eigenvalue weighted by Crippen LogP contribution is -2.49. The number of aliphatic hydroxyl groups excluding tert-OH is 1. The number of nitrogens with one attached hydrogen (secondary N) is 1. The molecule has 5 atom stereocenters. The van der Waals surface area contributed by atoms with Gasteiger partial charge in [-0.3, -0.25) is 9.59 Å². The standard InChI is InChI=1S/C20H30N2O5/c1-4-6-7-8-9-22(3)18(25)16-11-14(23)10-15(16)17(24)21-20(19(26)27)12-13(20)5-2/h4-5,13-16,23H,1-2,6-12H2,3H3,(H,21,24)(H,26,27)/t13-,14-,15-,16-,20-/m1/s1. The molecular formula is C20H30N2O5. The third-order valence-electron chi connectivity index (χ3n) is 5.75. The number of aliphatic carboxylic acids is 1. The van der Waals surface area contributed by atoms with Gasteiger partial charge in [0.15, 0.2) is 0 Å². The molecule has 2 rings (SSSR count). The molecule has 0 aromatic rings. The van der Waals surface area contributed by atoms with Crippen LogP contribution in [0.15, 0.2) is 25.3 Å². The number of carbonyl (C=O) groups is 3. The zero-order chi connectivity index (χ0) is 20.2. The van der Waals surface area contributed by atoms with Gasteiger partial charge in [-0.1, -0.05) is 12.2 Å². The van der Waals surface area contributed by atoms with Gasteiger partial charge < -0.3 is 20.4 Å². The van der Waals surface area contributed by atoms with Crippen LogP contribution in [0.4, 0.5) is 0 Å². The lowest BCUT2D eigenvalue weighted by molar-refractivity contribution is -0.145. The smallest absolute Gasteiger partial charge is 0.330 e. The van der Waals surface area contributed by atoms with Gasteiger partial charge in [0.25, 0.3) is 0 Å². The molecule has 0 spiro atoms. The number of hydrogen-bond donors (Lipinski definition) is 3. The summed E-state index contributed by atoms with van der Waals surface area (Å²) in [5.74, 6) is -3.41. The highest BCUT2D eigenvalue weighted by atomic mass is 16.4. The van der Waals surface area contributed by atoms with E-state index in [0.717, 1.165) is 19.3 Å². The molecule has 2 aliphatic rings. The fraction of sp³-hybridized carbons (Fsp3) is 0.650. The summed E-state index contributed by atoms with van der Waals surface area (Å²) in [4.78, 5) is 38.7. The van der Waals surface area contributed by atoms with Crippen LogP contribution in [0.5, 0.6) is 0 Å². The van der Waals surface area contributed by atoms with Gasteiger partial charge in [0, 0.05) is 19.5 Å². The number of allylic oxidation sites excluding steroid dienone is 1. The van der Waals surface area contributed by atoms with E-state index in [9.17, 15) is 24.6 Å². The SMILES string of the molecule is C=CCCCCN(C)C(=O)[C@@H]1C[C@H](O)C[C@H]1C(=O)N[C@]1(C(=O)O)C[C@H]1C=C. The Labute approximate surface area is 160 Å². The average Bonchev–Trinajstić information content (AvgIpc) is 3.21. The Morgan fingerprint density at radius 2 is 1.89 bits per heavy atom. The van der Waals surface area contributed by atoms with E-state index in [1.165, 1.54) is 6.08 Å². The van der Waals surface area contributed by atoms with Crippen molar-refractivity contribution in [3.63, 3.8) is 0 Å². The number of carboxylic acid groups (broad SMARTS) is 1. The second-order valence-corrected chi connectivity index (χ2v) is 7.69. The van der Waals surface area contributed by atoms with Crippen molar-refractivity contribution in [3.05, 3.63) is 25.3 Å². The molecule has 0 aromatic heterocycles. The molecular weight excluding hydrogens is 348 g/mol. The topological polar surface area (TPSA) is 107 Å². The monoisotopic (exact) mass is 378 g/mol.